The number of carboxylic acids is 1. The van der Waals surface area contributed by atoms with Crippen molar-refractivity contribution in [2.75, 3.05) is 26.8 Å². The Labute approximate surface area is 117 Å². The largest absolute Gasteiger partial charge is 0.481 e. The second kappa shape index (κ2) is 7.68. The highest BCUT2D eigenvalue weighted by atomic mass is 16.5. The smallest absolute Gasteiger partial charge is 0.315 e. The van der Waals surface area contributed by atoms with E-state index >= 15 is 0 Å². The molecular weight excluding hydrogens is 266 g/mol. The zero-order chi connectivity index (χ0) is 15.0. The summed E-state index contributed by atoms with van der Waals surface area (Å²) in [4.78, 5) is 33.7. The molecule has 1 fully saturated rings. The van der Waals surface area contributed by atoms with Gasteiger partial charge < -0.3 is 25.8 Å². The van der Waals surface area contributed by atoms with Gasteiger partial charge in [-0.2, -0.15) is 0 Å². The molecule has 0 spiro atoms. The lowest BCUT2D eigenvalue weighted by molar-refractivity contribution is -0.139. The summed E-state index contributed by atoms with van der Waals surface area (Å²) >= 11 is 0. The van der Waals surface area contributed by atoms with Crippen LogP contribution in [0.25, 0.3) is 0 Å². The quantitative estimate of drug-likeness (QED) is 0.447. The van der Waals surface area contributed by atoms with Crippen molar-refractivity contribution >= 4 is 17.9 Å². The molecule has 0 heterocycles. The molecule has 1 aliphatic rings. The molecule has 0 aromatic rings. The normalized spacial score (nSPS) is 15.8. The standard InChI is InChI=1S/C12H21N3O5/c1-20-6-5-13-9(16)8-14-11(19)15-12(3-2-4-12)7-10(17)18/h2-8H2,1H3,(H,13,16)(H,17,18)(H2,14,15,19). The first kappa shape index (κ1) is 16.2. The number of carboxylic acid groups (broad SMARTS) is 1. The number of carbonyl (C=O) groups excluding carboxylic acids is 2. The van der Waals surface area contributed by atoms with E-state index in [0.717, 1.165) is 6.42 Å². The Balaban J connectivity index is 2.25. The number of urea groups is 1. The molecule has 20 heavy (non-hydrogen) atoms. The Kier molecular flexibility index (Phi) is 6.23. The summed E-state index contributed by atoms with van der Waals surface area (Å²) in [6.45, 7) is 0.625. The van der Waals surface area contributed by atoms with E-state index in [1.807, 2.05) is 0 Å². The minimum Gasteiger partial charge on any atom is -0.481 e. The summed E-state index contributed by atoms with van der Waals surface area (Å²) in [5, 5.41) is 16.4. The van der Waals surface area contributed by atoms with Crippen LogP contribution in [0.1, 0.15) is 25.7 Å². The Morgan fingerprint density at radius 2 is 1.95 bits per heavy atom. The van der Waals surface area contributed by atoms with Gasteiger partial charge in [-0.1, -0.05) is 0 Å². The van der Waals surface area contributed by atoms with E-state index in [9.17, 15) is 14.4 Å². The predicted octanol–water partition coefficient (Wildman–Crippen LogP) is -0.554. The van der Waals surface area contributed by atoms with Crippen LogP contribution in [0.15, 0.2) is 0 Å². The van der Waals surface area contributed by atoms with Crippen LogP contribution >= 0.6 is 0 Å². The number of amides is 3. The summed E-state index contributed by atoms with van der Waals surface area (Å²) in [6, 6.07) is -0.521. The van der Waals surface area contributed by atoms with Crippen LogP contribution in [0.2, 0.25) is 0 Å². The van der Waals surface area contributed by atoms with Crippen molar-refractivity contribution < 1.29 is 24.2 Å². The van der Waals surface area contributed by atoms with Crippen molar-refractivity contribution in [3.63, 3.8) is 0 Å². The van der Waals surface area contributed by atoms with E-state index in [1.54, 1.807) is 0 Å². The van der Waals surface area contributed by atoms with Crippen LogP contribution in [0, 0.1) is 0 Å². The Hall–Kier alpha value is -1.83. The average molecular weight is 287 g/mol. The third kappa shape index (κ3) is 5.43. The van der Waals surface area contributed by atoms with Gasteiger partial charge in [-0.05, 0) is 19.3 Å². The van der Waals surface area contributed by atoms with Gasteiger partial charge in [0.05, 0.1) is 25.1 Å². The highest BCUT2D eigenvalue weighted by molar-refractivity contribution is 5.84. The maximum atomic E-state index is 11.6. The number of hydrogen-bond acceptors (Lipinski definition) is 4. The van der Waals surface area contributed by atoms with Gasteiger partial charge in [-0.15, -0.1) is 0 Å². The molecule has 1 rings (SSSR count). The Bertz CT molecular complexity index is 368. The van der Waals surface area contributed by atoms with E-state index in [4.69, 9.17) is 9.84 Å². The van der Waals surface area contributed by atoms with Crippen molar-refractivity contribution in [2.45, 2.75) is 31.2 Å². The van der Waals surface area contributed by atoms with Crippen molar-refractivity contribution in [1.82, 2.24) is 16.0 Å². The topological polar surface area (TPSA) is 117 Å². The van der Waals surface area contributed by atoms with Crippen molar-refractivity contribution in [2.24, 2.45) is 0 Å². The predicted molar refractivity (Wildman–Crippen MR) is 70.3 cm³/mol. The van der Waals surface area contributed by atoms with Gasteiger partial charge in [-0.25, -0.2) is 4.79 Å². The van der Waals surface area contributed by atoms with Crippen molar-refractivity contribution in [1.29, 1.82) is 0 Å². The first-order valence-electron chi connectivity index (χ1n) is 6.51. The highest BCUT2D eigenvalue weighted by Gasteiger charge is 2.40. The maximum Gasteiger partial charge on any atom is 0.315 e. The zero-order valence-electron chi connectivity index (χ0n) is 11.5. The minimum atomic E-state index is -0.942. The molecule has 0 bridgehead atoms. The maximum absolute atomic E-state index is 11.6. The fraction of sp³-hybridized carbons (Fsp3) is 0.750. The number of hydrogen-bond donors (Lipinski definition) is 4. The molecule has 0 aliphatic heterocycles. The molecule has 1 saturated carbocycles. The number of ether oxygens (including phenoxy) is 1. The molecule has 8 nitrogen and oxygen atoms in total. The van der Waals surface area contributed by atoms with Gasteiger partial charge in [0.2, 0.25) is 5.91 Å². The molecule has 4 N–H and O–H groups in total. The van der Waals surface area contributed by atoms with Gasteiger partial charge >= 0.3 is 12.0 Å². The van der Waals surface area contributed by atoms with E-state index < -0.39 is 17.5 Å². The minimum absolute atomic E-state index is 0.0968. The molecule has 1 aliphatic carbocycles. The van der Waals surface area contributed by atoms with Gasteiger partial charge in [0.1, 0.15) is 0 Å². The fourth-order valence-electron chi connectivity index (χ4n) is 2.04. The molecule has 114 valence electrons. The summed E-state index contributed by atoms with van der Waals surface area (Å²) < 4.78 is 4.77. The van der Waals surface area contributed by atoms with Crippen molar-refractivity contribution in [3.8, 4) is 0 Å². The third-order valence-electron chi connectivity index (χ3n) is 3.22. The van der Waals surface area contributed by atoms with Crippen LogP contribution in [0.3, 0.4) is 0 Å². The molecule has 0 radical (unpaired) electrons. The van der Waals surface area contributed by atoms with E-state index in [-0.39, 0.29) is 18.9 Å². The highest BCUT2D eigenvalue weighted by Crippen LogP contribution is 2.34. The van der Waals surface area contributed by atoms with Crippen LogP contribution in [0.4, 0.5) is 4.79 Å². The third-order valence-corrected chi connectivity index (χ3v) is 3.22. The number of methoxy groups -OCH3 is 1. The van der Waals surface area contributed by atoms with Crippen LogP contribution in [-0.2, 0) is 14.3 Å². The fourth-order valence-corrected chi connectivity index (χ4v) is 2.04. The molecule has 3 amide bonds. The van der Waals surface area contributed by atoms with E-state index in [2.05, 4.69) is 16.0 Å². The molecule has 0 unspecified atom stereocenters. The summed E-state index contributed by atoms with van der Waals surface area (Å²) in [7, 11) is 1.53. The van der Waals surface area contributed by atoms with Gasteiger partial charge in [0.25, 0.3) is 0 Å². The first-order valence-corrected chi connectivity index (χ1v) is 6.51. The number of nitrogens with one attached hydrogen (secondary N) is 3. The lowest BCUT2D eigenvalue weighted by Crippen LogP contribution is -2.58. The van der Waals surface area contributed by atoms with Gasteiger partial charge in [-0.3, -0.25) is 9.59 Å². The molecule has 8 heteroatoms. The van der Waals surface area contributed by atoms with Crippen molar-refractivity contribution in [3.05, 3.63) is 0 Å². The second-order valence-electron chi connectivity index (χ2n) is 4.85. The molecule has 0 aromatic carbocycles. The lowest BCUT2D eigenvalue weighted by Gasteiger charge is -2.41. The molecule has 0 aromatic heterocycles. The van der Waals surface area contributed by atoms with E-state index in [0.29, 0.717) is 26.0 Å². The monoisotopic (exact) mass is 287 g/mol. The van der Waals surface area contributed by atoms with Gasteiger partial charge in [0, 0.05) is 13.7 Å². The molecule has 0 saturated heterocycles. The first-order chi connectivity index (χ1) is 9.47. The summed E-state index contributed by atoms with van der Waals surface area (Å²) in [6.07, 6.45) is 2.09. The average Bonchev–Trinajstić information content (AvgIpc) is 2.33. The number of carbonyl (C=O) groups is 3. The van der Waals surface area contributed by atoms with Crippen LogP contribution in [0.5, 0.6) is 0 Å². The SMILES string of the molecule is COCCNC(=O)CNC(=O)NC1(CC(=O)O)CCC1. The number of aliphatic carboxylic acids is 1. The second-order valence-corrected chi connectivity index (χ2v) is 4.85. The lowest BCUT2D eigenvalue weighted by atomic mass is 9.74. The van der Waals surface area contributed by atoms with Gasteiger partial charge in [0.15, 0.2) is 0 Å². The number of rotatable bonds is 8. The zero-order valence-corrected chi connectivity index (χ0v) is 11.5. The summed E-state index contributed by atoms with van der Waals surface area (Å²) in [5.74, 6) is -1.26. The van der Waals surface area contributed by atoms with Crippen LogP contribution < -0.4 is 16.0 Å². The Morgan fingerprint density at radius 3 is 2.45 bits per heavy atom. The summed E-state index contributed by atoms with van der Waals surface area (Å²) in [5.41, 5.74) is -0.664. The van der Waals surface area contributed by atoms with E-state index in [1.165, 1.54) is 7.11 Å². The molecule has 0 atom stereocenters. The Morgan fingerprint density at radius 1 is 1.25 bits per heavy atom. The van der Waals surface area contributed by atoms with Crippen LogP contribution in [-0.4, -0.2) is 55.4 Å². The molecular formula is C12H21N3O5.